The Kier molecular flexibility index (Phi) is 19.9. The van der Waals surface area contributed by atoms with Crippen molar-refractivity contribution < 1.29 is 4.79 Å². The minimum absolute atomic E-state index is 0.163. The predicted octanol–water partition coefficient (Wildman–Crippen LogP) is 7.72. The van der Waals surface area contributed by atoms with Gasteiger partial charge in [-0.3, -0.25) is 4.79 Å². The van der Waals surface area contributed by atoms with Crippen molar-refractivity contribution in [3.8, 4) is 0 Å². The first-order valence-electron chi connectivity index (χ1n) is 11.7. The highest BCUT2D eigenvalue weighted by Gasteiger charge is 2.08. The molecule has 154 valence electrons. The van der Waals surface area contributed by atoms with Crippen molar-refractivity contribution >= 4 is 5.91 Å². The van der Waals surface area contributed by atoms with Crippen molar-refractivity contribution in [2.45, 2.75) is 135 Å². The summed E-state index contributed by atoms with van der Waals surface area (Å²) in [6, 6.07) is 0.163. The van der Waals surface area contributed by atoms with Gasteiger partial charge in [0.25, 0.3) is 0 Å². The number of hydrogen-bond donors (Lipinski definition) is 1. The lowest BCUT2D eigenvalue weighted by atomic mass is 10.0. The zero-order chi connectivity index (χ0) is 19.3. The Morgan fingerprint density at radius 3 is 1.62 bits per heavy atom. The zero-order valence-corrected chi connectivity index (χ0v) is 18.0. The monoisotopic (exact) mass is 365 g/mol. The number of carbonyl (C=O) groups excluding carboxylic acids is 1. The zero-order valence-electron chi connectivity index (χ0n) is 18.0. The Bertz CT molecular complexity index is 313. The van der Waals surface area contributed by atoms with E-state index in [0.29, 0.717) is 6.42 Å². The molecule has 0 aliphatic rings. The average molecular weight is 366 g/mol. The van der Waals surface area contributed by atoms with Crippen molar-refractivity contribution in [1.82, 2.24) is 5.32 Å². The first-order valence-corrected chi connectivity index (χ1v) is 11.7. The molecular formula is C24H47NO. The topological polar surface area (TPSA) is 29.1 Å². The standard InChI is InChI=1S/C24H47NO/c1-4-7-9-10-11-12-13-14-15-16-17-18-20-22-24(26)25-23(6-3)21-19-8-5-2/h6,23H,3-5,7-22H2,1-2H3,(H,25,26). The van der Waals surface area contributed by atoms with E-state index >= 15 is 0 Å². The van der Waals surface area contributed by atoms with Crippen LogP contribution in [-0.4, -0.2) is 11.9 Å². The smallest absolute Gasteiger partial charge is 0.220 e. The van der Waals surface area contributed by atoms with E-state index in [2.05, 4.69) is 25.7 Å². The van der Waals surface area contributed by atoms with Gasteiger partial charge in [-0.15, -0.1) is 6.58 Å². The van der Waals surface area contributed by atoms with E-state index in [0.717, 1.165) is 12.8 Å². The third-order valence-corrected chi connectivity index (χ3v) is 5.26. The van der Waals surface area contributed by atoms with E-state index in [1.165, 1.54) is 96.3 Å². The van der Waals surface area contributed by atoms with E-state index in [1.807, 2.05) is 6.08 Å². The normalized spacial score (nSPS) is 12.1. The largest absolute Gasteiger partial charge is 0.350 e. The van der Waals surface area contributed by atoms with Gasteiger partial charge in [-0.05, 0) is 12.8 Å². The van der Waals surface area contributed by atoms with Crippen LogP contribution in [0, 0.1) is 0 Å². The second-order valence-corrected chi connectivity index (χ2v) is 7.90. The first kappa shape index (κ1) is 25.2. The number of amides is 1. The Hall–Kier alpha value is -0.790. The van der Waals surface area contributed by atoms with Crippen LogP contribution in [0.2, 0.25) is 0 Å². The molecule has 0 saturated heterocycles. The van der Waals surface area contributed by atoms with E-state index < -0.39 is 0 Å². The van der Waals surface area contributed by atoms with Gasteiger partial charge in [-0.25, -0.2) is 0 Å². The molecule has 1 unspecified atom stereocenters. The number of nitrogens with one attached hydrogen (secondary N) is 1. The lowest BCUT2D eigenvalue weighted by Crippen LogP contribution is -2.33. The highest BCUT2D eigenvalue weighted by Crippen LogP contribution is 2.13. The molecule has 0 aliphatic heterocycles. The minimum Gasteiger partial charge on any atom is -0.350 e. The second-order valence-electron chi connectivity index (χ2n) is 7.90. The van der Waals surface area contributed by atoms with Crippen LogP contribution in [0.5, 0.6) is 0 Å². The summed E-state index contributed by atoms with van der Waals surface area (Å²) >= 11 is 0. The maximum Gasteiger partial charge on any atom is 0.220 e. The Balaban J connectivity index is 3.35. The average Bonchev–Trinajstić information content (AvgIpc) is 2.64. The molecule has 0 bridgehead atoms. The number of unbranched alkanes of at least 4 members (excludes halogenated alkanes) is 14. The summed E-state index contributed by atoms with van der Waals surface area (Å²) in [5.74, 6) is 0.203. The Morgan fingerprint density at radius 1 is 0.731 bits per heavy atom. The van der Waals surface area contributed by atoms with Gasteiger partial charge >= 0.3 is 0 Å². The van der Waals surface area contributed by atoms with E-state index in [-0.39, 0.29) is 11.9 Å². The van der Waals surface area contributed by atoms with Crippen LogP contribution >= 0.6 is 0 Å². The molecule has 0 aromatic carbocycles. The van der Waals surface area contributed by atoms with Crippen LogP contribution in [0.15, 0.2) is 12.7 Å². The van der Waals surface area contributed by atoms with Crippen LogP contribution in [-0.2, 0) is 4.79 Å². The Morgan fingerprint density at radius 2 is 1.15 bits per heavy atom. The van der Waals surface area contributed by atoms with Crippen LogP contribution in [0.1, 0.15) is 129 Å². The Labute approximate surface area is 164 Å². The van der Waals surface area contributed by atoms with Crippen molar-refractivity contribution in [1.29, 1.82) is 0 Å². The first-order chi connectivity index (χ1) is 12.7. The SMILES string of the molecule is C=CC(CCCCC)NC(=O)CCCCCCCCCCCCCCC. The van der Waals surface area contributed by atoms with Gasteiger partial charge in [-0.2, -0.15) is 0 Å². The molecule has 0 radical (unpaired) electrons. The van der Waals surface area contributed by atoms with Crippen molar-refractivity contribution in [3.05, 3.63) is 12.7 Å². The lowest BCUT2D eigenvalue weighted by molar-refractivity contribution is -0.121. The van der Waals surface area contributed by atoms with Gasteiger partial charge in [0.15, 0.2) is 0 Å². The third kappa shape index (κ3) is 18.0. The molecule has 1 N–H and O–H groups in total. The summed E-state index contributed by atoms with van der Waals surface area (Å²) in [7, 11) is 0. The summed E-state index contributed by atoms with van der Waals surface area (Å²) in [6.07, 6.45) is 24.7. The molecular weight excluding hydrogens is 318 g/mol. The minimum atomic E-state index is 0.163. The summed E-state index contributed by atoms with van der Waals surface area (Å²) in [5.41, 5.74) is 0. The van der Waals surface area contributed by atoms with Crippen molar-refractivity contribution in [2.24, 2.45) is 0 Å². The number of hydrogen-bond acceptors (Lipinski definition) is 1. The fourth-order valence-corrected chi connectivity index (χ4v) is 3.45. The summed E-state index contributed by atoms with van der Waals surface area (Å²) < 4.78 is 0. The third-order valence-electron chi connectivity index (χ3n) is 5.26. The molecule has 0 saturated carbocycles. The fraction of sp³-hybridized carbons (Fsp3) is 0.875. The molecule has 2 nitrogen and oxygen atoms in total. The van der Waals surface area contributed by atoms with Gasteiger partial charge in [0, 0.05) is 12.5 Å². The van der Waals surface area contributed by atoms with Gasteiger partial charge in [0.2, 0.25) is 5.91 Å². The van der Waals surface area contributed by atoms with Crippen LogP contribution < -0.4 is 5.32 Å². The molecule has 0 aromatic rings. The van der Waals surface area contributed by atoms with Crippen molar-refractivity contribution in [2.75, 3.05) is 0 Å². The number of carbonyl (C=O) groups is 1. The van der Waals surface area contributed by atoms with Gasteiger partial charge in [0.1, 0.15) is 0 Å². The fourth-order valence-electron chi connectivity index (χ4n) is 3.45. The summed E-state index contributed by atoms with van der Waals surface area (Å²) in [5, 5.41) is 3.11. The molecule has 26 heavy (non-hydrogen) atoms. The molecule has 0 heterocycles. The second kappa shape index (κ2) is 20.5. The lowest BCUT2D eigenvalue weighted by Gasteiger charge is -2.14. The summed E-state index contributed by atoms with van der Waals surface area (Å²) in [4.78, 5) is 12.0. The molecule has 0 aromatic heterocycles. The number of rotatable bonds is 20. The molecule has 1 amide bonds. The van der Waals surface area contributed by atoms with Crippen LogP contribution in [0.25, 0.3) is 0 Å². The molecule has 2 heteroatoms. The maximum atomic E-state index is 12.0. The molecule has 0 aliphatic carbocycles. The van der Waals surface area contributed by atoms with Crippen LogP contribution in [0.3, 0.4) is 0 Å². The van der Waals surface area contributed by atoms with E-state index in [1.54, 1.807) is 0 Å². The predicted molar refractivity (Wildman–Crippen MR) is 117 cm³/mol. The van der Waals surface area contributed by atoms with E-state index in [9.17, 15) is 4.79 Å². The van der Waals surface area contributed by atoms with Gasteiger partial charge in [0.05, 0.1) is 0 Å². The van der Waals surface area contributed by atoms with E-state index in [4.69, 9.17) is 0 Å². The van der Waals surface area contributed by atoms with Crippen molar-refractivity contribution in [3.63, 3.8) is 0 Å². The summed E-state index contributed by atoms with van der Waals surface area (Å²) in [6.45, 7) is 8.33. The van der Waals surface area contributed by atoms with Gasteiger partial charge in [-0.1, -0.05) is 116 Å². The highest BCUT2D eigenvalue weighted by atomic mass is 16.1. The molecule has 0 spiro atoms. The maximum absolute atomic E-state index is 12.0. The quantitative estimate of drug-likeness (QED) is 0.174. The van der Waals surface area contributed by atoms with Gasteiger partial charge < -0.3 is 5.32 Å². The highest BCUT2D eigenvalue weighted by molar-refractivity contribution is 5.76. The molecule has 0 fully saturated rings. The van der Waals surface area contributed by atoms with Crippen LogP contribution in [0.4, 0.5) is 0 Å². The molecule has 0 rings (SSSR count). The molecule has 1 atom stereocenters.